The van der Waals surface area contributed by atoms with Crippen molar-refractivity contribution in [3.8, 4) is 0 Å². The number of hydrogen-bond acceptors (Lipinski definition) is 4. The standard InChI is InChI=1S/C36H64O4S/c1-27(2)14-13-15-28(3)32-18-19-33-31-17-16-29-26-30(20-22-35(29,4)34(31)21-23-36(32,33)5)39-24-11-9-7-8-10-12-25-40-41(6,37)38/h16,27-28,30-34H,7-15,17-26H2,1-6H3/t28-,30+,31+,32-,33+,34?,35+,36-/m1/s1. The van der Waals surface area contributed by atoms with E-state index in [-0.39, 0.29) is 0 Å². The van der Waals surface area contributed by atoms with Gasteiger partial charge in [-0.2, -0.15) is 8.42 Å². The second-order valence-corrected chi connectivity index (χ2v) is 17.3. The molecule has 3 saturated carbocycles. The molecule has 4 aliphatic carbocycles. The lowest BCUT2D eigenvalue weighted by molar-refractivity contribution is -0.0641. The molecule has 0 aromatic heterocycles. The topological polar surface area (TPSA) is 52.6 Å². The van der Waals surface area contributed by atoms with E-state index in [1.807, 2.05) is 0 Å². The third-order valence-corrected chi connectivity index (χ3v) is 13.0. The van der Waals surface area contributed by atoms with Crippen molar-refractivity contribution in [1.82, 2.24) is 0 Å². The molecule has 0 aromatic rings. The summed E-state index contributed by atoms with van der Waals surface area (Å²) >= 11 is 0. The Kier molecular flexibility index (Phi) is 11.9. The highest BCUT2D eigenvalue weighted by molar-refractivity contribution is 7.85. The number of hydrogen-bond donors (Lipinski definition) is 0. The van der Waals surface area contributed by atoms with Crippen LogP contribution in [0, 0.1) is 46.3 Å². The minimum Gasteiger partial charge on any atom is -0.378 e. The van der Waals surface area contributed by atoms with E-state index in [0.717, 1.165) is 80.5 Å². The van der Waals surface area contributed by atoms with Crippen molar-refractivity contribution in [2.24, 2.45) is 46.3 Å². The van der Waals surface area contributed by atoms with Gasteiger partial charge in [0.1, 0.15) is 0 Å². The Balaban J connectivity index is 1.20. The fraction of sp³-hybridized carbons (Fsp3) is 0.944. The molecule has 1 unspecified atom stereocenters. The van der Waals surface area contributed by atoms with Gasteiger partial charge in [-0.25, -0.2) is 0 Å². The van der Waals surface area contributed by atoms with Crippen molar-refractivity contribution < 1.29 is 17.3 Å². The van der Waals surface area contributed by atoms with Gasteiger partial charge in [0.25, 0.3) is 10.1 Å². The van der Waals surface area contributed by atoms with Crippen molar-refractivity contribution in [2.45, 2.75) is 150 Å². The maximum atomic E-state index is 11.0. The molecule has 0 radical (unpaired) electrons. The van der Waals surface area contributed by atoms with Gasteiger partial charge in [0.05, 0.1) is 19.0 Å². The molecule has 41 heavy (non-hydrogen) atoms. The van der Waals surface area contributed by atoms with Gasteiger partial charge in [-0.05, 0) is 111 Å². The highest BCUT2D eigenvalue weighted by atomic mass is 32.2. The minimum atomic E-state index is -3.29. The van der Waals surface area contributed by atoms with Crippen LogP contribution in [0.1, 0.15) is 144 Å². The summed E-state index contributed by atoms with van der Waals surface area (Å²) in [6, 6.07) is 0. The molecule has 0 saturated heterocycles. The molecule has 0 aliphatic heterocycles. The zero-order chi connectivity index (χ0) is 29.7. The first-order chi connectivity index (χ1) is 19.4. The van der Waals surface area contributed by atoms with Gasteiger partial charge in [0.2, 0.25) is 0 Å². The van der Waals surface area contributed by atoms with Crippen LogP contribution in [0.25, 0.3) is 0 Å². The molecule has 238 valence electrons. The monoisotopic (exact) mass is 592 g/mol. The number of ether oxygens (including phenoxy) is 1. The molecule has 0 heterocycles. The summed E-state index contributed by atoms with van der Waals surface area (Å²) in [6.07, 6.45) is 25.9. The summed E-state index contributed by atoms with van der Waals surface area (Å²) in [5, 5.41) is 0. The van der Waals surface area contributed by atoms with Gasteiger partial charge >= 0.3 is 0 Å². The Hall–Kier alpha value is -0.390. The van der Waals surface area contributed by atoms with Gasteiger partial charge in [-0.1, -0.05) is 91.2 Å². The molecule has 4 nitrogen and oxygen atoms in total. The van der Waals surface area contributed by atoms with Crippen molar-refractivity contribution in [1.29, 1.82) is 0 Å². The SMILES string of the molecule is CC(C)CCC[C@@H](C)[C@H]1CC[C@H]2[C@@H]3CC=C4C[C@@H](OCCCCCCCCOS(C)(=O)=O)CC[C@]4(C)C3CC[C@]12C. The lowest BCUT2D eigenvalue weighted by atomic mass is 9.47. The van der Waals surface area contributed by atoms with Crippen LogP contribution in [0.4, 0.5) is 0 Å². The maximum absolute atomic E-state index is 11.0. The second kappa shape index (κ2) is 14.6. The van der Waals surface area contributed by atoms with E-state index >= 15 is 0 Å². The van der Waals surface area contributed by atoms with Gasteiger partial charge in [0, 0.05) is 6.61 Å². The average Bonchev–Trinajstić information content (AvgIpc) is 3.26. The summed E-state index contributed by atoms with van der Waals surface area (Å²) in [5.74, 6) is 5.41. The third-order valence-electron chi connectivity index (χ3n) is 12.4. The van der Waals surface area contributed by atoms with E-state index in [1.165, 1.54) is 77.0 Å². The number of rotatable bonds is 16. The van der Waals surface area contributed by atoms with Crippen molar-refractivity contribution >= 4 is 10.1 Å². The average molecular weight is 593 g/mol. The van der Waals surface area contributed by atoms with Crippen LogP contribution in [0.5, 0.6) is 0 Å². The minimum absolute atomic E-state index is 0.318. The first-order valence-electron chi connectivity index (χ1n) is 17.6. The predicted molar refractivity (Wildman–Crippen MR) is 171 cm³/mol. The zero-order valence-corrected chi connectivity index (χ0v) is 28.4. The maximum Gasteiger partial charge on any atom is 0.264 e. The lowest BCUT2D eigenvalue weighted by Crippen LogP contribution is -2.51. The van der Waals surface area contributed by atoms with E-state index in [4.69, 9.17) is 8.92 Å². The fourth-order valence-electron chi connectivity index (χ4n) is 10.2. The highest BCUT2D eigenvalue weighted by Gasteiger charge is 2.59. The van der Waals surface area contributed by atoms with Gasteiger partial charge < -0.3 is 4.74 Å². The summed E-state index contributed by atoms with van der Waals surface area (Å²) in [5.41, 5.74) is 2.72. The van der Waals surface area contributed by atoms with E-state index in [1.54, 1.807) is 5.57 Å². The van der Waals surface area contributed by atoms with Crippen molar-refractivity contribution in [3.63, 3.8) is 0 Å². The van der Waals surface area contributed by atoms with Crippen LogP contribution >= 0.6 is 0 Å². The van der Waals surface area contributed by atoms with E-state index in [0.29, 0.717) is 23.5 Å². The summed E-state index contributed by atoms with van der Waals surface area (Å²) in [4.78, 5) is 0. The van der Waals surface area contributed by atoms with Gasteiger partial charge in [-0.15, -0.1) is 0 Å². The van der Waals surface area contributed by atoms with Crippen LogP contribution in [-0.4, -0.2) is 34.0 Å². The molecule has 4 aliphatic rings. The summed E-state index contributed by atoms with van der Waals surface area (Å²) in [6.45, 7) is 13.9. The molecule has 0 spiro atoms. The van der Waals surface area contributed by atoms with Crippen LogP contribution in [0.3, 0.4) is 0 Å². The quantitative estimate of drug-likeness (QED) is 0.102. The molecule has 3 fully saturated rings. The molecular weight excluding hydrogens is 528 g/mol. The van der Waals surface area contributed by atoms with Gasteiger partial charge in [-0.3, -0.25) is 4.18 Å². The second-order valence-electron chi connectivity index (χ2n) is 15.7. The summed E-state index contributed by atoms with van der Waals surface area (Å²) < 4.78 is 33.3. The zero-order valence-electron chi connectivity index (χ0n) is 27.6. The van der Waals surface area contributed by atoms with E-state index < -0.39 is 10.1 Å². The Bertz CT molecular complexity index is 957. The van der Waals surface area contributed by atoms with Crippen LogP contribution < -0.4 is 0 Å². The number of unbranched alkanes of at least 4 members (excludes halogenated alkanes) is 5. The molecule has 4 rings (SSSR count). The molecule has 0 N–H and O–H groups in total. The predicted octanol–water partition coefficient (Wildman–Crippen LogP) is 9.73. The normalized spacial score (nSPS) is 36.0. The van der Waals surface area contributed by atoms with Crippen molar-refractivity contribution in [2.75, 3.05) is 19.5 Å². The van der Waals surface area contributed by atoms with Crippen LogP contribution in [0.2, 0.25) is 0 Å². The van der Waals surface area contributed by atoms with E-state index in [2.05, 4.69) is 40.7 Å². The summed E-state index contributed by atoms with van der Waals surface area (Å²) in [7, 11) is -3.29. The molecule has 5 heteroatoms. The lowest BCUT2D eigenvalue weighted by Gasteiger charge is -2.58. The molecular formula is C36H64O4S. The largest absolute Gasteiger partial charge is 0.378 e. The Morgan fingerprint density at radius 3 is 2.27 bits per heavy atom. The first-order valence-corrected chi connectivity index (χ1v) is 19.4. The number of allylic oxidation sites excluding steroid dienone is 1. The molecule has 0 bridgehead atoms. The molecule has 0 amide bonds. The third kappa shape index (κ3) is 8.41. The Morgan fingerprint density at radius 2 is 1.56 bits per heavy atom. The Morgan fingerprint density at radius 1 is 0.854 bits per heavy atom. The van der Waals surface area contributed by atoms with E-state index in [9.17, 15) is 8.42 Å². The van der Waals surface area contributed by atoms with Crippen molar-refractivity contribution in [3.05, 3.63) is 11.6 Å². The molecule has 0 aromatic carbocycles. The Labute approximate surface area is 254 Å². The molecule has 8 atom stereocenters. The van der Waals surface area contributed by atoms with Gasteiger partial charge in [0.15, 0.2) is 0 Å². The fourth-order valence-corrected chi connectivity index (χ4v) is 10.6. The van der Waals surface area contributed by atoms with Crippen LogP contribution in [0.15, 0.2) is 11.6 Å². The van der Waals surface area contributed by atoms with Crippen LogP contribution in [-0.2, 0) is 19.0 Å². The first kappa shape index (κ1) is 33.5. The highest BCUT2D eigenvalue weighted by Crippen LogP contribution is 2.67. The number of fused-ring (bicyclic) bond motifs is 5. The smallest absolute Gasteiger partial charge is 0.264 e.